The van der Waals surface area contributed by atoms with Crippen LogP contribution >= 0.6 is 11.8 Å². The van der Waals surface area contributed by atoms with E-state index in [0.29, 0.717) is 12.3 Å². The molecule has 1 amide bonds. The number of hydrogen-bond donors (Lipinski definition) is 3. The summed E-state index contributed by atoms with van der Waals surface area (Å²) in [6, 6.07) is 0. The van der Waals surface area contributed by atoms with Crippen molar-refractivity contribution in [3.8, 4) is 0 Å². The molecule has 6 heteroatoms. The van der Waals surface area contributed by atoms with Gasteiger partial charge in [-0.2, -0.15) is 11.8 Å². The van der Waals surface area contributed by atoms with Crippen LogP contribution in [-0.2, 0) is 4.79 Å². The molecule has 108 valence electrons. The molecule has 0 atom stereocenters. The molecule has 0 aromatic carbocycles. The van der Waals surface area contributed by atoms with E-state index in [0.717, 1.165) is 50.0 Å². The predicted molar refractivity (Wildman–Crippen MR) is 77.4 cm³/mol. The van der Waals surface area contributed by atoms with Crippen LogP contribution < -0.4 is 11.1 Å². The molecule has 0 radical (unpaired) electrons. The molecule has 0 spiro atoms. The summed E-state index contributed by atoms with van der Waals surface area (Å²) < 4.78 is 0. The topological polar surface area (TPSA) is 87.7 Å². The maximum absolute atomic E-state index is 12.2. The second-order valence-electron chi connectivity index (χ2n) is 5.58. The van der Waals surface area contributed by atoms with Gasteiger partial charge in [-0.25, -0.2) is 0 Å². The van der Waals surface area contributed by atoms with E-state index in [1.807, 2.05) is 11.8 Å². The van der Waals surface area contributed by atoms with Crippen LogP contribution in [0.3, 0.4) is 0 Å². The van der Waals surface area contributed by atoms with Crippen molar-refractivity contribution in [2.24, 2.45) is 16.8 Å². The summed E-state index contributed by atoms with van der Waals surface area (Å²) >= 11 is 1.96. The number of nitrogens with one attached hydrogen (secondary N) is 1. The van der Waals surface area contributed by atoms with Crippen molar-refractivity contribution in [3.05, 3.63) is 0 Å². The van der Waals surface area contributed by atoms with Gasteiger partial charge in [-0.1, -0.05) is 18.0 Å². The van der Waals surface area contributed by atoms with Gasteiger partial charge in [0.1, 0.15) is 5.54 Å². The Hall–Kier alpha value is -0.910. The molecule has 2 fully saturated rings. The second-order valence-corrected chi connectivity index (χ2v) is 6.81. The van der Waals surface area contributed by atoms with Gasteiger partial charge in [0, 0.05) is 6.42 Å². The lowest BCUT2D eigenvalue weighted by Gasteiger charge is -2.30. The smallest absolute Gasteiger partial charge is 0.221 e. The zero-order valence-electron chi connectivity index (χ0n) is 11.2. The highest BCUT2D eigenvalue weighted by Gasteiger charge is 2.39. The van der Waals surface area contributed by atoms with E-state index in [1.54, 1.807) is 0 Å². The number of amidine groups is 1. The predicted octanol–water partition coefficient (Wildman–Crippen LogP) is 1.70. The molecule has 4 N–H and O–H groups in total. The van der Waals surface area contributed by atoms with Gasteiger partial charge >= 0.3 is 0 Å². The van der Waals surface area contributed by atoms with Crippen LogP contribution in [0, 0.1) is 5.92 Å². The Bertz CT molecular complexity index is 348. The van der Waals surface area contributed by atoms with Crippen molar-refractivity contribution in [1.82, 2.24) is 5.32 Å². The molecule has 1 saturated heterocycles. The normalized spacial score (nSPS) is 24.3. The summed E-state index contributed by atoms with van der Waals surface area (Å²) in [5.41, 5.74) is 5.17. The standard InChI is InChI=1S/C13H23N3O2S/c14-12(16-18)13(5-1-2-6-13)15-11(17)9-10-3-7-19-8-4-10/h10,18H,1-9H2,(H2,14,16)(H,15,17). The van der Waals surface area contributed by atoms with E-state index in [4.69, 9.17) is 10.9 Å². The van der Waals surface area contributed by atoms with Crippen molar-refractivity contribution >= 4 is 23.5 Å². The molecule has 1 aliphatic carbocycles. The van der Waals surface area contributed by atoms with Crippen LogP contribution in [-0.4, -0.2) is 34.0 Å². The summed E-state index contributed by atoms with van der Waals surface area (Å²) in [6.45, 7) is 0. The monoisotopic (exact) mass is 285 g/mol. The third kappa shape index (κ3) is 3.55. The number of carbonyl (C=O) groups excluding carboxylic acids is 1. The van der Waals surface area contributed by atoms with Gasteiger partial charge in [0.2, 0.25) is 5.91 Å². The van der Waals surface area contributed by atoms with Gasteiger partial charge < -0.3 is 16.3 Å². The molecule has 19 heavy (non-hydrogen) atoms. The Labute approximate surface area is 118 Å². The minimum absolute atomic E-state index is 0.0467. The van der Waals surface area contributed by atoms with Crippen molar-refractivity contribution in [2.45, 2.75) is 50.5 Å². The lowest BCUT2D eigenvalue weighted by molar-refractivity contribution is -0.123. The Morgan fingerprint density at radius 1 is 1.37 bits per heavy atom. The van der Waals surface area contributed by atoms with Crippen LogP contribution in [0.5, 0.6) is 0 Å². The fourth-order valence-corrected chi connectivity index (χ4v) is 4.25. The van der Waals surface area contributed by atoms with E-state index >= 15 is 0 Å². The van der Waals surface area contributed by atoms with Crippen LogP contribution in [0.25, 0.3) is 0 Å². The van der Waals surface area contributed by atoms with Gasteiger partial charge in [0.15, 0.2) is 5.84 Å². The van der Waals surface area contributed by atoms with Crippen LogP contribution in [0.2, 0.25) is 0 Å². The van der Waals surface area contributed by atoms with Gasteiger partial charge in [-0.15, -0.1) is 0 Å². The zero-order valence-corrected chi connectivity index (χ0v) is 12.0. The molecule has 1 saturated carbocycles. The first-order chi connectivity index (χ1) is 9.16. The van der Waals surface area contributed by atoms with E-state index in [-0.39, 0.29) is 11.7 Å². The summed E-state index contributed by atoms with van der Waals surface area (Å²) in [5, 5.41) is 15.1. The first kappa shape index (κ1) is 14.5. The number of hydrogen-bond acceptors (Lipinski definition) is 4. The summed E-state index contributed by atoms with van der Waals surface area (Å²) in [6.07, 6.45) is 6.38. The fraction of sp³-hybridized carbons (Fsp3) is 0.846. The molecular weight excluding hydrogens is 262 g/mol. The summed E-state index contributed by atoms with van der Waals surface area (Å²) in [5.74, 6) is 3.00. The maximum Gasteiger partial charge on any atom is 0.221 e. The van der Waals surface area contributed by atoms with E-state index < -0.39 is 5.54 Å². The van der Waals surface area contributed by atoms with Crippen molar-refractivity contribution in [1.29, 1.82) is 0 Å². The molecule has 0 aromatic rings. The highest BCUT2D eigenvalue weighted by atomic mass is 32.2. The van der Waals surface area contributed by atoms with Crippen LogP contribution in [0.15, 0.2) is 5.16 Å². The van der Waals surface area contributed by atoms with Crippen LogP contribution in [0.1, 0.15) is 44.9 Å². The minimum atomic E-state index is -0.602. The van der Waals surface area contributed by atoms with E-state index in [9.17, 15) is 4.79 Å². The lowest BCUT2D eigenvalue weighted by Crippen LogP contribution is -2.56. The van der Waals surface area contributed by atoms with Gasteiger partial charge in [-0.05, 0) is 43.1 Å². The largest absolute Gasteiger partial charge is 0.409 e. The molecule has 0 unspecified atom stereocenters. The number of amides is 1. The van der Waals surface area contributed by atoms with Crippen LogP contribution in [0.4, 0.5) is 0 Å². The number of oxime groups is 1. The Kier molecular flexibility index (Phi) is 4.96. The number of carbonyl (C=O) groups is 1. The Morgan fingerprint density at radius 3 is 2.58 bits per heavy atom. The Morgan fingerprint density at radius 2 is 2.00 bits per heavy atom. The molecule has 0 bridgehead atoms. The van der Waals surface area contributed by atoms with E-state index in [1.165, 1.54) is 0 Å². The number of nitrogens with zero attached hydrogens (tertiary/aromatic N) is 1. The van der Waals surface area contributed by atoms with E-state index in [2.05, 4.69) is 10.5 Å². The average molecular weight is 285 g/mol. The average Bonchev–Trinajstić information content (AvgIpc) is 2.88. The van der Waals surface area contributed by atoms with Gasteiger partial charge in [0.25, 0.3) is 0 Å². The molecule has 5 nitrogen and oxygen atoms in total. The summed E-state index contributed by atoms with van der Waals surface area (Å²) in [4.78, 5) is 12.2. The molecule has 0 aromatic heterocycles. The molecule has 1 heterocycles. The quantitative estimate of drug-likeness (QED) is 0.317. The first-order valence-corrected chi connectivity index (χ1v) is 8.18. The van der Waals surface area contributed by atoms with Gasteiger partial charge in [-0.3, -0.25) is 4.79 Å². The first-order valence-electron chi connectivity index (χ1n) is 7.03. The lowest BCUT2D eigenvalue weighted by atomic mass is 9.93. The van der Waals surface area contributed by atoms with Crippen molar-refractivity contribution < 1.29 is 10.0 Å². The zero-order chi connectivity index (χ0) is 13.7. The number of rotatable bonds is 4. The SMILES string of the molecule is NC(=NO)C1(NC(=O)CC2CCSCC2)CCCC1. The Balaban J connectivity index is 1.91. The molecule has 2 aliphatic rings. The molecule has 1 aliphatic heterocycles. The third-order valence-electron chi connectivity index (χ3n) is 4.25. The third-order valence-corrected chi connectivity index (χ3v) is 5.30. The molecule has 2 rings (SSSR count). The van der Waals surface area contributed by atoms with Crippen molar-refractivity contribution in [2.75, 3.05) is 11.5 Å². The summed E-state index contributed by atoms with van der Waals surface area (Å²) in [7, 11) is 0. The highest BCUT2D eigenvalue weighted by molar-refractivity contribution is 7.99. The van der Waals surface area contributed by atoms with Crippen molar-refractivity contribution in [3.63, 3.8) is 0 Å². The fourth-order valence-electron chi connectivity index (χ4n) is 3.05. The number of thioether (sulfide) groups is 1. The van der Waals surface area contributed by atoms with Gasteiger partial charge in [0.05, 0.1) is 0 Å². The maximum atomic E-state index is 12.2. The second kappa shape index (κ2) is 6.50. The highest BCUT2D eigenvalue weighted by Crippen LogP contribution is 2.31. The minimum Gasteiger partial charge on any atom is -0.409 e. The molecular formula is C13H23N3O2S. The number of nitrogens with two attached hydrogens (primary N) is 1.